The lowest BCUT2D eigenvalue weighted by Crippen LogP contribution is -2.25. The van der Waals surface area contributed by atoms with E-state index in [2.05, 4.69) is 10.0 Å². The first kappa shape index (κ1) is 19.8. The number of furan rings is 1. The molecule has 0 spiro atoms. The van der Waals surface area contributed by atoms with Gasteiger partial charge in [0, 0.05) is 23.1 Å². The average molecular weight is 423 g/mol. The van der Waals surface area contributed by atoms with E-state index in [0.29, 0.717) is 30.2 Å². The number of carbonyl (C=O) groups is 1. The molecule has 0 radical (unpaired) electrons. The summed E-state index contributed by atoms with van der Waals surface area (Å²) >= 11 is 0. The van der Waals surface area contributed by atoms with Crippen LogP contribution < -0.4 is 10.0 Å². The molecule has 2 heterocycles. The van der Waals surface area contributed by atoms with Gasteiger partial charge in [-0.25, -0.2) is 8.42 Å². The Bertz CT molecular complexity index is 1280. The largest absolute Gasteiger partial charge is 0.467 e. The van der Waals surface area contributed by atoms with Crippen molar-refractivity contribution in [1.82, 2.24) is 9.88 Å². The highest BCUT2D eigenvalue weighted by Crippen LogP contribution is 2.25. The summed E-state index contributed by atoms with van der Waals surface area (Å²) < 4.78 is 34.9. The Hall–Kier alpha value is -3.52. The van der Waals surface area contributed by atoms with E-state index >= 15 is 0 Å². The van der Waals surface area contributed by atoms with E-state index in [1.807, 2.05) is 17.6 Å². The molecule has 2 N–H and O–H groups in total. The highest BCUT2D eigenvalue weighted by molar-refractivity contribution is 7.92. The number of nitrogens with zero attached hydrogens (tertiary/aromatic N) is 1. The highest BCUT2D eigenvalue weighted by atomic mass is 32.2. The minimum Gasteiger partial charge on any atom is -0.467 e. The number of nitrogens with one attached hydrogen (secondary N) is 2. The van der Waals surface area contributed by atoms with Gasteiger partial charge in [0.05, 0.1) is 17.7 Å². The van der Waals surface area contributed by atoms with Crippen molar-refractivity contribution in [3.05, 3.63) is 84.4 Å². The van der Waals surface area contributed by atoms with Crippen LogP contribution in [0.1, 0.15) is 23.2 Å². The topological polar surface area (TPSA) is 93.3 Å². The van der Waals surface area contributed by atoms with Crippen LogP contribution in [0.2, 0.25) is 0 Å². The predicted molar refractivity (Wildman–Crippen MR) is 115 cm³/mol. The molecule has 1 amide bonds. The molecule has 0 saturated heterocycles. The third-order valence-electron chi connectivity index (χ3n) is 4.76. The Morgan fingerprint density at radius 3 is 2.53 bits per heavy atom. The molecule has 0 aliphatic heterocycles. The van der Waals surface area contributed by atoms with Crippen LogP contribution in [0.15, 0.2) is 82.3 Å². The number of rotatable bonds is 7. The second-order valence-corrected chi connectivity index (χ2v) is 8.41. The minimum absolute atomic E-state index is 0.189. The monoisotopic (exact) mass is 423 g/mol. The number of hydrogen-bond acceptors (Lipinski definition) is 4. The van der Waals surface area contributed by atoms with Crippen LogP contribution in [0.3, 0.4) is 0 Å². The van der Waals surface area contributed by atoms with Crippen molar-refractivity contribution in [2.75, 3.05) is 4.72 Å². The molecule has 0 aliphatic carbocycles. The Kier molecular flexibility index (Phi) is 5.33. The maximum Gasteiger partial charge on any atom is 0.268 e. The van der Waals surface area contributed by atoms with Crippen molar-refractivity contribution in [2.45, 2.75) is 24.9 Å². The first-order valence-electron chi connectivity index (χ1n) is 9.49. The Labute approximate surface area is 174 Å². The van der Waals surface area contributed by atoms with Gasteiger partial charge in [0.25, 0.3) is 15.9 Å². The van der Waals surface area contributed by atoms with Gasteiger partial charge in [-0.2, -0.15) is 0 Å². The lowest BCUT2D eigenvalue weighted by Gasteiger charge is -2.10. The summed E-state index contributed by atoms with van der Waals surface area (Å²) in [5, 5.41) is 3.62. The number of sulfonamides is 1. The van der Waals surface area contributed by atoms with Crippen molar-refractivity contribution in [3.8, 4) is 0 Å². The van der Waals surface area contributed by atoms with E-state index in [1.54, 1.807) is 54.8 Å². The normalized spacial score (nSPS) is 11.5. The number of hydrogen-bond donors (Lipinski definition) is 2. The number of amides is 1. The summed E-state index contributed by atoms with van der Waals surface area (Å²) in [6, 6.07) is 18.7. The number of aryl methyl sites for hydroxylation is 1. The van der Waals surface area contributed by atoms with Crippen LogP contribution in [0.4, 0.5) is 5.69 Å². The summed E-state index contributed by atoms with van der Waals surface area (Å²) in [6.45, 7) is 2.84. The van der Waals surface area contributed by atoms with Crippen molar-refractivity contribution in [2.24, 2.45) is 0 Å². The first-order valence-corrected chi connectivity index (χ1v) is 11.0. The van der Waals surface area contributed by atoms with Crippen molar-refractivity contribution in [1.29, 1.82) is 0 Å². The maximum absolute atomic E-state index is 12.7. The maximum atomic E-state index is 12.7. The van der Waals surface area contributed by atoms with Gasteiger partial charge >= 0.3 is 0 Å². The number of anilines is 1. The lowest BCUT2D eigenvalue weighted by atomic mass is 10.2. The molecule has 0 aliphatic rings. The summed E-state index contributed by atoms with van der Waals surface area (Å²) in [5.74, 6) is 0.441. The van der Waals surface area contributed by atoms with Crippen LogP contribution >= 0.6 is 0 Å². The van der Waals surface area contributed by atoms with E-state index in [9.17, 15) is 13.2 Å². The minimum atomic E-state index is -3.69. The predicted octanol–water partition coefficient (Wildman–Crippen LogP) is 3.99. The molecular formula is C22H21N3O4S. The number of fused-ring (bicyclic) bond motifs is 1. The van der Waals surface area contributed by atoms with E-state index in [1.165, 1.54) is 12.1 Å². The third kappa shape index (κ3) is 3.95. The standard InChI is InChI=1S/C22H21N3O4S/c1-2-25-20-11-10-17(24-30(27,28)19-8-4-3-5-9-19)13-16(20)14-21(25)22(26)23-15-18-7-6-12-29-18/h3-14,24H,2,15H2,1H3,(H,23,26). The zero-order valence-electron chi connectivity index (χ0n) is 16.3. The molecule has 2 aromatic heterocycles. The molecule has 154 valence electrons. The van der Waals surface area contributed by atoms with Gasteiger partial charge in [-0.05, 0) is 55.5 Å². The Morgan fingerprint density at radius 1 is 1.03 bits per heavy atom. The molecular weight excluding hydrogens is 402 g/mol. The Balaban J connectivity index is 1.61. The summed E-state index contributed by atoms with van der Waals surface area (Å²) in [7, 11) is -3.69. The molecule has 0 saturated carbocycles. The molecule has 7 nitrogen and oxygen atoms in total. The van der Waals surface area contributed by atoms with Crippen LogP contribution in [0.25, 0.3) is 10.9 Å². The van der Waals surface area contributed by atoms with E-state index < -0.39 is 10.0 Å². The third-order valence-corrected chi connectivity index (χ3v) is 6.16. The highest BCUT2D eigenvalue weighted by Gasteiger charge is 2.17. The first-order chi connectivity index (χ1) is 14.5. The molecule has 0 bridgehead atoms. The molecule has 0 fully saturated rings. The fourth-order valence-corrected chi connectivity index (χ4v) is 4.42. The second kappa shape index (κ2) is 8.08. The van der Waals surface area contributed by atoms with Gasteiger partial charge in [0.2, 0.25) is 0 Å². The number of carbonyl (C=O) groups excluding carboxylic acids is 1. The van der Waals surface area contributed by atoms with E-state index in [-0.39, 0.29) is 10.8 Å². The average Bonchev–Trinajstić information content (AvgIpc) is 3.39. The molecule has 8 heteroatoms. The van der Waals surface area contributed by atoms with Gasteiger partial charge in [0.15, 0.2) is 0 Å². The lowest BCUT2D eigenvalue weighted by molar-refractivity contribution is 0.0939. The number of aromatic nitrogens is 1. The van der Waals surface area contributed by atoms with Gasteiger partial charge in [0.1, 0.15) is 11.5 Å². The van der Waals surface area contributed by atoms with Gasteiger partial charge in [-0.1, -0.05) is 18.2 Å². The molecule has 4 aromatic rings. The fourth-order valence-electron chi connectivity index (χ4n) is 3.35. The smallest absolute Gasteiger partial charge is 0.268 e. The van der Waals surface area contributed by atoms with E-state index in [0.717, 1.165) is 10.9 Å². The van der Waals surface area contributed by atoms with Crippen molar-refractivity contribution < 1.29 is 17.6 Å². The number of benzene rings is 2. The molecule has 30 heavy (non-hydrogen) atoms. The van der Waals surface area contributed by atoms with Crippen LogP contribution in [-0.2, 0) is 23.1 Å². The van der Waals surface area contributed by atoms with Crippen LogP contribution in [0, 0.1) is 0 Å². The van der Waals surface area contributed by atoms with Crippen molar-refractivity contribution >= 4 is 32.5 Å². The van der Waals surface area contributed by atoms with Gasteiger partial charge in [-0.3, -0.25) is 9.52 Å². The zero-order valence-corrected chi connectivity index (χ0v) is 17.1. The molecule has 0 atom stereocenters. The molecule has 4 rings (SSSR count). The second-order valence-electron chi connectivity index (χ2n) is 6.73. The van der Waals surface area contributed by atoms with Gasteiger partial charge < -0.3 is 14.3 Å². The van der Waals surface area contributed by atoms with Crippen molar-refractivity contribution in [3.63, 3.8) is 0 Å². The van der Waals surface area contributed by atoms with E-state index in [4.69, 9.17) is 4.42 Å². The Morgan fingerprint density at radius 2 is 1.83 bits per heavy atom. The summed E-state index contributed by atoms with van der Waals surface area (Å²) in [5.41, 5.74) is 1.78. The van der Waals surface area contributed by atoms with Gasteiger partial charge in [-0.15, -0.1) is 0 Å². The zero-order chi connectivity index (χ0) is 21.1. The van der Waals surface area contributed by atoms with Crippen LogP contribution in [-0.4, -0.2) is 18.9 Å². The molecule has 0 unspecified atom stereocenters. The summed E-state index contributed by atoms with van der Waals surface area (Å²) in [4.78, 5) is 12.9. The SMILES string of the molecule is CCn1c(C(=O)NCc2ccco2)cc2cc(NS(=O)(=O)c3ccccc3)ccc21. The molecule has 2 aromatic carbocycles. The fraction of sp³-hybridized carbons (Fsp3) is 0.136. The quantitative estimate of drug-likeness (QED) is 0.470. The van der Waals surface area contributed by atoms with Crippen LogP contribution in [0.5, 0.6) is 0 Å². The summed E-state index contributed by atoms with van der Waals surface area (Å²) in [6.07, 6.45) is 1.56.